The second kappa shape index (κ2) is 14.7. The van der Waals surface area contributed by atoms with E-state index in [4.69, 9.17) is 14.2 Å². The van der Waals surface area contributed by atoms with Crippen LogP contribution in [0.4, 0.5) is 5.69 Å². The molecule has 10 rings (SSSR count). The maximum absolute atomic E-state index is 13.2. The van der Waals surface area contributed by atoms with Gasteiger partial charge in [-0.3, -0.25) is 34.4 Å². The van der Waals surface area contributed by atoms with Crippen molar-refractivity contribution in [3.8, 4) is 34.6 Å². The lowest BCUT2D eigenvalue weighted by Gasteiger charge is -2.40. The van der Waals surface area contributed by atoms with Crippen molar-refractivity contribution < 1.29 is 33.4 Å². The molecule has 294 valence electrons. The fraction of sp³-hybridized carbons (Fsp3) is 0.267. The van der Waals surface area contributed by atoms with Crippen LogP contribution in [0, 0.1) is 11.8 Å². The van der Waals surface area contributed by atoms with Crippen molar-refractivity contribution in [2.24, 2.45) is 7.05 Å². The van der Waals surface area contributed by atoms with Gasteiger partial charge in [-0.15, -0.1) is 0 Å². The summed E-state index contributed by atoms with van der Waals surface area (Å²) in [5.41, 5.74) is 6.31. The van der Waals surface area contributed by atoms with Gasteiger partial charge in [0.15, 0.2) is 0 Å². The van der Waals surface area contributed by atoms with Gasteiger partial charge in [0.2, 0.25) is 17.7 Å². The average Bonchev–Trinajstić information content (AvgIpc) is 3.64. The fourth-order valence-electron chi connectivity index (χ4n) is 8.15. The Labute approximate surface area is 338 Å². The lowest BCUT2D eigenvalue weighted by molar-refractivity contribution is -0.136. The summed E-state index contributed by atoms with van der Waals surface area (Å²) < 4.78 is 20.3. The highest BCUT2D eigenvalue weighted by atomic mass is 16.5. The van der Waals surface area contributed by atoms with Crippen LogP contribution in [0.5, 0.6) is 11.6 Å². The number of rotatable bonds is 9. The molecular formula is C45H37N7O7. The summed E-state index contributed by atoms with van der Waals surface area (Å²) in [6.07, 6.45) is 8.97. The zero-order valence-corrected chi connectivity index (χ0v) is 32.0. The molecule has 14 heteroatoms. The number of fused-ring (bicyclic) bond motifs is 4. The Bertz CT molecular complexity index is 2740. The summed E-state index contributed by atoms with van der Waals surface area (Å²) in [5.74, 6) is 5.23. The molecule has 3 aliphatic heterocycles. The fourth-order valence-corrected chi connectivity index (χ4v) is 8.15. The van der Waals surface area contributed by atoms with Gasteiger partial charge < -0.3 is 23.7 Å². The molecule has 1 aliphatic carbocycles. The minimum absolute atomic E-state index is 0.0288. The second-order valence-corrected chi connectivity index (χ2v) is 15.2. The van der Waals surface area contributed by atoms with Crippen molar-refractivity contribution in [3.63, 3.8) is 0 Å². The quantitative estimate of drug-likeness (QED) is 0.158. The zero-order valence-electron chi connectivity index (χ0n) is 32.0. The lowest BCUT2D eigenvalue weighted by atomic mass is 9.92. The Morgan fingerprint density at radius 2 is 1.61 bits per heavy atom. The van der Waals surface area contributed by atoms with Crippen LogP contribution in [-0.2, 0) is 21.4 Å². The molecule has 3 fully saturated rings. The first kappa shape index (κ1) is 36.2. The molecule has 4 aliphatic rings. The molecule has 0 bridgehead atoms. The zero-order chi connectivity index (χ0) is 40.2. The maximum Gasteiger partial charge on any atom is 0.262 e. The number of imide groups is 2. The van der Waals surface area contributed by atoms with E-state index in [-0.39, 0.29) is 48.9 Å². The van der Waals surface area contributed by atoms with E-state index in [1.807, 2.05) is 53.8 Å². The molecule has 0 radical (unpaired) electrons. The van der Waals surface area contributed by atoms with Gasteiger partial charge in [0.05, 0.1) is 28.9 Å². The Morgan fingerprint density at radius 1 is 0.780 bits per heavy atom. The van der Waals surface area contributed by atoms with Crippen LogP contribution in [0.3, 0.4) is 0 Å². The van der Waals surface area contributed by atoms with Crippen LogP contribution in [0.1, 0.15) is 52.1 Å². The number of hydrogen-bond acceptors (Lipinski definition) is 11. The molecule has 59 heavy (non-hydrogen) atoms. The number of pyridine rings is 3. The van der Waals surface area contributed by atoms with Crippen LogP contribution >= 0.6 is 0 Å². The first-order valence-electron chi connectivity index (χ1n) is 19.5. The number of nitrogens with zero attached hydrogens (tertiary/aromatic N) is 6. The molecule has 4 aromatic heterocycles. The Hall–Kier alpha value is -7.11. The van der Waals surface area contributed by atoms with Gasteiger partial charge in [-0.1, -0.05) is 18.1 Å². The molecule has 1 atom stereocenters. The number of carbonyl (C=O) groups excluding carboxylic acids is 4. The van der Waals surface area contributed by atoms with Crippen molar-refractivity contribution >= 4 is 51.1 Å². The first-order valence-corrected chi connectivity index (χ1v) is 19.5. The van der Waals surface area contributed by atoms with Gasteiger partial charge >= 0.3 is 0 Å². The second-order valence-electron chi connectivity index (χ2n) is 15.2. The van der Waals surface area contributed by atoms with Crippen molar-refractivity contribution in [2.45, 2.75) is 50.0 Å². The molecule has 2 aromatic carbocycles. The largest absolute Gasteiger partial charge is 0.489 e. The van der Waals surface area contributed by atoms with Crippen LogP contribution in [0.2, 0.25) is 0 Å². The average molecular weight is 788 g/mol. The number of amides is 4. The highest BCUT2D eigenvalue weighted by Gasteiger charge is 2.45. The van der Waals surface area contributed by atoms with Crippen LogP contribution in [-0.4, -0.2) is 92.1 Å². The Morgan fingerprint density at radius 3 is 2.41 bits per heavy atom. The normalized spacial score (nSPS) is 20.2. The number of aromatic nitrogens is 4. The number of aryl methyl sites for hydroxylation is 1. The number of hydrogen-bond donors (Lipinski definition) is 1. The number of piperidine rings is 1. The summed E-state index contributed by atoms with van der Waals surface area (Å²) >= 11 is 0. The molecular weight excluding hydrogens is 751 g/mol. The molecule has 1 saturated carbocycles. The van der Waals surface area contributed by atoms with Gasteiger partial charge in [-0.05, 0) is 66.4 Å². The highest BCUT2D eigenvalue weighted by molar-refractivity contribution is 6.23. The van der Waals surface area contributed by atoms with E-state index in [9.17, 15) is 19.2 Å². The molecule has 2 saturated heterocycles. The van der Waals surface area contributed by atoms with E-state index in [0.29, 0.717) is 30.4 Å². The molecule has 4 amide bonds. The monoisotopic (exact) mass is 787 g/mol. The van der Waals surface area contributed by atoms with E-state index >= 15 is 0 Å². The summed E-state index contributed by atoms with van der Waals surface area (Å²) in [4.78, 5) is 66.4. The van der Waals surface area contributed by atoms with E-state index < -0.39 is 29.7 Å². The van der Waals surface area contributed by atoms with Crippen LogP contribution in [0.15, 0.2) is 91.5 Å². The molecule has 6 aromatic rings. The SMILES string of the molecule is Cn1c2ccncc2c2ccc(-c3ccc(O[C@H]4C[C@@H](Oc5ccc(C#CCOC6CN(c7ccc8c(c7)C(=O)N(C7CCC(=O)NC7=O)C8=O)C6)nc5)C4)nc3)cc21. The highest BCUT2D eigenvalue weighted by Crippen LogP contribution is 2.34. The van der Waals surface area contributed by atoms with Crippen LogP contribution in [0.25, 0.3) is 32.9 Å². The molecule has 14 nitrogen and oxygen atoms in total. The van der Waals surface area contributed by atoms with Gasteiger partial charge in [-0.2, -0.15) is 0 Å². The van der Waals surface area contributed by atoms with Gasteiger partial charge in [-0.25, -0.2) is 9.97 Å². The summed E-state index contributed by atoms with van der Waals surface area (Å²) in [5, 5.41) is 4.54. The van der Waals surface area contributed by atoms with Crippen molar-refractivity contribution in [2.75, 3.05) is 24.6 Å². The number of anilines is 1. The molecule has 7 heterocycles. The minimum atomic E-state index is -0.993. The van der Waals surface area contributed by atoms with E-state index in [1.54, 1.807) is 24.4 Å². The molecule has 1 unspecified atom stereocenters. The third-order valence-corrected chi connectivity index (χ3v) is 11.5. The van der Waals surface area contributed by atoms with Crippen molar-refractivity contribution in [3.05, 3.63) is 108 Å². The van der Waals surface area contributed by atoms with Gasteiger partial charge in [0, 0.05) is 91.6 Å². The minimum Gasteiger partial charge on any atom is -0.489 e. The number of nitrogens with one attached hydrogen (secondary N) is 1. The Balaban J connectivity index is 0.653. The lowest BCUT2D eigenvalue weighted by Crippen LogP contribution is -2.54. The molecule has 0 spiro atoms. The van der Waals surface area contributed by atoms with E-state index in [0.717, 1.165) is 51.0 Å². The third-order valence-electron chi connectivity index (χ3n) is 11.5. The van der Waals surface area contributed by atoms with E-state index in [1.165, 1.54) is 5.39 Å². The van der Waals surface area contributed by atoms with Gasteiger partial charge in [0.1, 0.15) is 36.3 Å². The Kier molecular flexibility index (Phi) is 9.02. The topological polar surface area (TPSA) is 158 Å². The predicted octanol–water partition coefficient (Wildman–Crippen LogP) is 4.83. The summed E-state index contributed by atoms with van der Waals surface area (Å²) in [7, 11) is 2.07. The van der Waals surface area contributed by atoms with Crippen molar-refractivity contribution in [1.29, 1.82) is 0 Å². The number of carbonyl (C=O) groups is 4. The summed E-state index contributed by atoms with van der Waals surface area (Å²) in [6, 6.07) is 20.2. The number of ether oxygens (including phenoxy) is 3. The van der Waals surface area contributed by atoms with Crippen LogP contribution < -0.4 is 19.7 Å². The standard InChI is InChI=1S/C45H37N7O7/c1-50-38-14-15-46-23-37(38)34-9-4-26(17-40(34)50)27-5-13-42(48-21-27)59-32-19-31(20-32)58-30-8-6-28(47-22-30)3-2-16-57-33-24-51(25-33)29-7-10-35-36(18-29)45(56)52(44(35)55)39-11-12-41(53)49-43(39)54/h4-10,13-15,17-18,21-23,31-33,39H,11-12,16,19-20,24-25H2,1H3,(H,49,53,54)/t31-,32+,39?. The number of benzene rings is 2. The predicted molar refractivity (Wildman–Crippen MR) is 216 cm³/mol. The van der Waals surface area contributed by atoms with Crippen molar-refractivity contribution in [1.82, 2.24) is 29.7 Å². The summed E-state index contributed by atoms with van der Waals surface area (Å²) in [6.45, 7) is 1.43. The smallest absolute Gasteiger partial charge is 0.262 e. The third kappa shape index (κ3) is 6.79. The van der Waals surface area contributed by atoms with E-state index in [2.05, 4.69) is 61.9 Å². The first-order chi connectivity index (χ1) is 28.8. The molecule has 1 N–H and O–H groups in total. The maximum atomic E-state index is 13.2. The van der Waals surface area contributed by atoms with Gasteiger partial charge in [0.25, 0.3) is 11.8 Å².